The van der Waals surface area contributed by atoms with Gasteiger partial charge in [-0.1, -0.05) is 70.4 Å². The lowest BCUT2D eigenvalue weighted by atomic mass is 10.0. The molecule has 2 atom stereocenters. The largest absolute Gasteiger partial charge is 0.481 e. The Morgan fingerprint density at radius 3 is 1.96 bits per heavy atom. The summed E-state index contributed by atoms with van der Waals surface area (Å²) >= 11 is 0. The molecule has 3 heteroatoms. The SMILES string of the molecule is CCC1OC1C/C=C\CCCCCCCCCCCCC(=O)O. The smallest absolute Gasteiger partial charge is 0.303 e. The van der Waals surface area contributed by atoms with Gasteiger partial charge in [0.25, 0.3) is 0 Å². The second kappa shape index (κ2) is 13.6. The summed E-state index contributed by atoms with van der Waals surface area (Å²) in [6.45, 7) is 2.19. The third-order valence-electron chi connectivity index (χ3n) is 4.64. The summed E-state index contributed by atoms with van der Waals surface area (Å²) < 4.78 is 5.51. The van der Waals surface area contributed by atoms with Crippen molar-refractivity contribution in [2.24, 2.45) is 0 Å². The Hall–Kier alpha value is -0.830. The van der Waals surface area contributed by atoms with Crippen LogP contribution >= 0.6 is 0 Å². The fourth-order valence-electron chi connectivity index (χ4n) is 3.05. The summed E-state index contributed by atoms with van der Waals surface area (Å²) in [6, 6.07) is 0. The topological polar surface area (TPSA) is 49.8 Å². The van der Waals surface area contributed by atoms with E-state index in [1.807, 2.05) is 0 Å². The molecule has 0 amide bonds. The zero-order valence-electron chi connectivity index (χ0n) is 15.0. The van der Waals surface area contributed by atoms with Gasteiger partial charge in [0.2, 0.25) is 0 Å². The van der Waals surface area contributed by atoms with Crippen LogP contribution in [-0.4, -0.2) is 23.3 Å². The van der Waals surface area contributed by atoms with Crippen molar-refractivity contribution in [2.75, 3.05) is 0 Å². The number of rotatable bonds is 16. The fourth-order valence-corrected chi connectivity index (χ4v) is 3.05. The average molecular weight is 325 g/mol. The number of ether oxygens (including phenoxy) is 1. The third kappa shape index (κ3) is 12.3. The highest BCUT2D eigenvalue weighted by Crippen LogP contribution is 2.28. The molecule has 0 aromatic rings. The van der Waals surface area contributed by atoms with Crippen molar-refractivity contribution in [3.05, 3.63) is 12.2 Å². The predicted molar refractivity (Wildman–Crippen MR) is 95.7 cm³/mol. The van der Waals surface area contributed by atoms with E-state index in [2.05, 4.69) is 19.1 Å². The lowest BCUT2D eigenvalue weighted by molar-refractivity contribution is -0.137. The molecule has 1 aliphatic heterocycles. The molecule has 1 saturated heterocycles. The van der Waals surface area contributed by atoms with E-state index in [-0.39, 0.29) is 0 Å². The van der Waals surface area contributed by atoms with Crippen LogP contribution in [0.2, 0.25) is 0 Å². The first-order chi connectivity index (χ1) is 11.2. The summed E-state index contributed by atoms with van der Waals surface area (Å²) in [4.78, 5) is 10.4. The van der Waals surface area contributed by atoms with Crippen molar-refractivity contribution in [3.8, 4) is 0 Å². The zero-order chi connectivity index (χ0) is 16.8. The average Bonchev–Trinajstić information content (AvgIpc) is 3.29. The first kappa shape index (κ1) is 20.2. The first-order valence-corrected chi connectivity index (χ1v) is 9.76. The Morgan fingerprint density at radius 1 is 0.870 bits per heavy atom. The van der Waals surface area contributed by atoms with Crippen molar-refractivity contribution >= 4 is 5.97 Å². The minimum Gasteiger partial charge on any atom is -0.481 e. The monoisotopic (exact) mass is 324 g/mol. The summed E-state index contributed by atoms with van der Waals surface area (Å²) in [7, 11) is 0. The van der Waals surface area contributed by atoms with Gasteiger partial charge in [0.15, 0.2) is 0 Å². The van der Waals surface area contributed by atoms with E-state index in [1.165, 1.54) is 57.8 Å². The molecule has 134 valence electrons. The number of carboxylic acids is 1. The van der Waals surface area contributed by atoms with Gasteiger partial charge in [-0.3, -0.25) is 4.79 Å². The highest BCUT2D eigenvalue weighted by Gasteiger charge is 2.35. The Labute approximate surface area is 142 Å². The van der Waals surface area contributed by atoms with Crippen LogP contribution in [0.3, 0.4) is 0 Å². The lowest BCUT2D eigenvalue weighted by Crippen LogP contribution is -1.93. The number of epoxide rings is 1. The van der Waals surface area contributed by atoms with Gasteiger partial charge in [0.1, 0.15) is 0 Å². The van der Waals surface area contributed by atoms with Crippen LogP contribution in [-0.2, 0) is 9.53 Å². The van der Waals surface area contributed by atoms with Crippen LogP contribution in [0.5, 0.6) is 0 Å². The highest BCUT2D eigenvalue weighted by molar-refractivity contribution is 5.66. The number of allylic oxidation sites excluding steroid dienone is 1. The summed E-state index contributed by atoms with van der Waals surface area (Å²) in [5.74, 6) is -0.661. The predicted octanol–water partition coefficient (Wildman–Crippen LogP) is 5.88. The molecule has 0 aromatic carbocycles. The van der Waals surface area contributed by atoms with Gasteiger partial charge in [-0.15, -0.1) is 0 Å². The molecule has 3 nitrogen and oxygen atoms in total. The number of carboxylic acid groups (broad SMARTS) is 1. The minimum atomic E-state index is -0.661. The van der Waals surface area contributed by atoms with Crippen LogP contribution in [0.1, 0.15) is 96.8 Å². The van der Waals surface area contributed by atoms with Crippen LogP contribution in [0.15, 0.2) is 12.2 Å². The molecule has 1 aliphatic rings. The quantitative estimate of drug-likeness (QED) is 0.219. The maximum atomic E-state index is 10.4. The van der Waals surface area contributed by atoms with Crippen molar-refractivity contribution in [1.29, 1.82) is 0 Å². The van der Waals surface area contributed by atoms with Gasteiger partial charge < -0.3 is 9.84 Å². The summed E-state index contributed by atoms with van der Waals surface area (Å²) in [6.07, 6.45) is 21.9. The fraction of sp³-hybridized carbons (Fsp3) is 0.850. The summed E-state index contributed by atoms with van der Waals surface area (Å²) in [5, 5.41) is 8.54. The Balaban J connectivity index is 1.70. The third-order valence-corrected chi connectivity index (χ3v) is 4.64. The van der Waals surface area contributed by atoms with Gasteiger partial charge in [0.05, 0.1) is 12.2 Å². The molecule has 0 aromatic heterocycles. The highest BCUT2D eigenvalue weighted by atomic mass is 16.6. The second-order valence-electron chi connectivity index (χ2n) is 6.80. The number of unbranched alkanes of at least 4 members (excludes halogenated alkanes) is 10. The molecule has 23 heavy (non-hydrogen) atoms. The van der Waals surface area contributed by atoms with E-state index in [9.17, 15) is 4.79 Å². The van der Waals surface area contributed by atoms with Crippen LogP contribution < -0.4 is 0 Å². The van der Waals surface area contributed by atoms with Crippen molar-refractivity contribution < 1.29 is 14.6 Å². The van der Waals surface area contributed by atoms with Gasteiger partial charge in [-0.25, -0.2) is 0 Å². The number of aliphatic carboxylic acids is 1. The second-order valence-corrected chi connectivity index (χ2v) is 6.80. The van der Waals surface area contributed by atoms with E-state index in [4.69, 9.17) is 9.84 Å². The summed E-state index contributed by atoms with van der Waals surface area (Å²) in [5.41, 5.74) is 0. The van der Waals surface area contributed by atoms with E-state index < -0.39 is 5.97 Å². The lowest BCUT2D eigenvalue weighted by Gasteiger charge is -2.01. The number of carbonyl (C=O) groups is 1. The molecule has 2 unspecified atom stereocenters. The van der Waals surface area contributed by atoms with Crippen LogP contribution in [0, 0.1) is 0 Å². The van der Waals surface area contributed by atoms with Gasteiger partial charge in [-0.05, 0) is 32.1 Å². The molecular formula is C20H36O3. The maximum Gasteiger partial charge on any atom is 0.303 e. The molecule has 1 rings (SSSR count). The zero-order valence-corrected chi connectivity index (χ0v) is 15.0. The van der Waals surface area contributed by atoms with E-state index in [0.29, 0.717) is 18.6 Å². The Morgan fingerprint density at radius 2 is 1.43 bits per heavy atom. The number of hydrogen-bond acceptors (Lipinski definition) is 2. The molecular weight excluding hydrogens is 288 g/mol. The van der Waals surface area contributed by atoms with Crippen LogP contribution in [0.25, 0.3) is 0 Å². The van der Waals surface area contributed by atoms with Crippen molar-refractivity contribution in [3.63, 3.8) is 0 Å². The molecule has 1 fully saturated rings. The van der Waals surface area contributed by atoms with Gasteiger partial charge >= 0.3 is 5.97 Å². The molecule has 0 bridgehead atoms. The van der Waals surface area contributed by atoms with Gasteiger partial charge in [-0.2, -0.15) is 0 Å². The molecule has 0 radical (unpaired) electrons. The minimum absolute atomic E-state index is 0.335. The Bertz CT molecular complexity index is 325. The van der Waals surface area contributed by atoms with Crippen LogP contribution in [0.4, 0.5) is 0 Å². The van der Waals surface area contributed by atoms with Crippen molar-refractivity contribution in [2.45, 2.75) is 109 Å². The van der Waals surface area contributed by atoms with E-state index in [1.54, 1.807) is 0 Å². The first-order valence-electron chi connectivity index (χ1n) is 9.76. The maximum absolute atomic E-state index is 10.4. The number of hydrogen-bond donors (Lipinski definition) is 1. The van der Waals surface area contributed by atoms with E-state index >= 15 is 0 Å². The molecule has 0 spiro atoms. The standard InChI is InChI=1S/C20H36O3/c1-2-18-19(23-18)16-14-12-10-8-6-4-3-5-7-9-11-13-15-17-20(21)22/h12,14,18-19H,2-11,13,15-17H2,1H3,(H,21,22)/b14-12-. The molecule has 0 saturated carbocycles. The van der Waals surface area contributed by atoms with E-state index in [0.717, 1.165) is 25.7 Å². The Kier molecular flexibility index (Phi) is 11.9. The molecule has 1 heterocycles. The molecule has 1 N–H and O–H groups in total. The molecule has 0 aliphatic carbocycles. The normalized spacial score (nSPS) is 20.2. The van der Waals surface area contributed by atoms with Crippen molar-refractivity contribution in [1.82, 2.24) is 0 Å². The van der Waals surface area contributed by atoms with Gasteiger partial charge in [0, 0.05) is 6.42 Å².